The van der Waals surface area contributed by atoms with Crippen LogP contribution in [0.5, 0.6) is 11.5 Å². The summed E-state index contributed by atoms with van der Waals surface area (Å²) in [4.78, 5) is 50.0. The standard InChI is InChI=1S/C26H18BrIN2O7/c1-36-21-12-15(11-20(28)22(21)37-13-14-2-4-16(5-3-14)25(33)34)10-19-23(31)29-26(35)30(24(19)32)18-8-6-17(27)7-9-18/h2-12H,13H2,1H3,(H,33,34)(H,29,31,35)/b19-10+. The predicted molar refractivity (Wildman–Crippen MR) is 147 cm³/mol. The number of amides is 4. The van der Waals surface area contributed by atoms with Gasteiger partial charge in [0.05, 0.1) is 21.9 Å². The number of nitrogens with one attached hydrogen (secondary N) is 1. The van der Waals surface area contributed by atoms with Crippen molar-refractivity contribution in [3.63, 3.8) is 0 Å². The van der Waals surface area contributed by atoms with Crippen molar-refractivity contribution in [1.82, 2.24) is 5.32 Å². The lowest BCUT2D eigenvalue weighted by Gasteiger charge is -2.26. The topological polar surface area (TPSA) is 122 Å². The molecule has 0 bridgehead atoms. The Bertz CT molecular complexity index is 1440. The van der Waals surface area contributed by atoms with Gasteiger partial charge in [-0.2, -0.15) is 0 Å². The van der Waals surface area contributed by atoms with Gasteiger partial charge in [0.1, 0.15) is 12.2 Å². The minimum Gasteiger partial charge on any atom is -0.493 e. The lowest BCUT2D eigenvalue weighted by molar-refractivity contribution is -0.122. The first kappa shape index (κ1) is 26.4. The summed E-state index contributed by atoms with van der Waals surface area (Å²) in [6.07, 6.45) is 1.38. The molecule has 1 heterocycles. The van der Waals surface area contributed by atoms with Gasteiger partial charge in [-0.15, -0.1) is 0 Å². The number of benzene rings is 3. The van der Waals surface area contributed by atoms with Crippen LogP contribution >= 0.6 is 38.5 Å². The average molecular weight is 677 g/mol. The third-order valence-electron chi connectivity index (χ3n) is 5.33. The van der Waals surface area contributed by atoms with Crippen LogP contribution in [-0.2, 0) is 16.2 Å². The molecular formula is C26H18BrIN2O7. The fourth-order valence-corrected chi connectivity index (χ4v) is 4.56. The van der Waals surface area contributed by atoms with Gasteiger partial charge < -0.3 is 14.6 Å². The number of carbonyl (C=O) groups is 4. The molecule has 0 atom stereocenters. The van der Waals surface area contributed by atoms with Gasteiger partial charge in [0.2, 0.25) is 0 Å². The number of carboxylic acids is 1. The van der Waals surface area contributed by atoms with Gasteiger partial charge in [-0.3, -0.25) is 14.9 Å². The quantitative estimate of drug-likeness (QED) is 0.205. The zero-order valence-corrected chi connectivity index (χ0v) is 22.9. The smallest absolute Gasteiger partial charge is 0.335 e. The van der Waals surface area contributed by atoms with E-state index in [2.05, 4.69) is 21.2 Å². The Hall–Kier alpha value is -3.71. The summed E-state index contributed by atoms with van der Waals surface area (Å²) in [6, 6.07) is 15.3. The molecule has 37 heavy (non-hydrogen) atoms. The number of urea groups is 1. The van der Waals surface area contributed by atoms with Crippen molar-refractivity contribution in [2.45, 2.75) is 6.61 Å². The summed E-state index contributed by atoms with van der Waals surface area (Å²) in [5, 5.41) is 11.2. The van der Waals surface area contributed by atoms with Crippen molar-refractivity contribution in [2.24, 2.45) is 0 Å². The molecule has 1 saturated heterocycles. The van der Waals surface area contributed by atoms with E-state index in [4.69, 9.17) is 14.6 Å². The lowest BCUT2D eigenvalue weighted by atomic mass is 10.1. The van der Waals surface area contributed by atoms with Crippen molar-refractivity contribution >= 4 is 74.1 Å². The Balaban J connectivity index is 1.60. The molecule has 11 heteroatoms. The van der Waals surface area contributed by atoms with Gasteiger partial charge in [-0.25, -0.2) is 14.5 Å². The Morgan fingerprint density at radius 2 is 1.76 bits per heavy atom. The van der Waals surface area contributed by atoms with Crippen LogP contribution in [0, 0.1) is 3.57 Å². The first-order valence-electron chi connectivity index (χ1n) is 10.7. The number of aromatic carboxylic acids is 1. The van der Waals surface area contributed by atoms with E-state index in [1.165, 1.54) is 25.3 Å². The molecule has 4 rings (SSSR count). The van der Waals surface area contributed by atoms with E-state index in [0.717, 1.165) is 14.9 Å². The van der Waals surface area contributed by atoms with Gasteiger partial charge in [0, 0.05) is 4.47 Å². The van der Waals surface area contributed by atoms with Crippen LogP contribution in [0.15, 0.2) is 70.7 Å². The van der Waals surface area contributed by atoms with Crippen LogP contribution < -0.4 is 19.7 Å². The molecule has 3 aromatic rings. The average Bonchev–Trinajstić information content (AvgIpc) is 2.87. The lowest BCUT2D eigenvalue weighted by Crippen LogP contribution is -2.54. The Morgan fingerprint density at radius 1 is 1.08 bits per heavy atom. The first-order valence-corrected chi connectivity index (χ1v) is 12.5. The van der Waals surface area contributed by atoms with Crippen LogP contribution in [0.3, 0.4) is 0 Å². The highest BCUT2D eigenvalue weighted by Gasteiger charge is 2.36. The Kier molecular flexibility index (Phi) is 7.93. The van der Waals surface area contributed by atoms with Gasteiger partial charge in [-0.05, 0) is 88.3 Å². The maximum Gasteiger partial charge on any atom is 0.335 e. The maximum absolute atomic E-state index is 13.1. The van der Waals surface area contributed by atoms with E-state index in [9.17, 15) is 19.2 Å². The second-order valence-electron chi connectivity index (χ2n) is 7.76. The van der Waals surface area contributed by atoms with Crippen LogP contribution in [0.4, 0.5) is 10.5 Å². The molecule has 0 saturated carbocycles. The number of barbiturate groups is 1. The van der Waals surface area contributed by atoms with E-state index in [1.54, 1.807) is 48.5 Å². The predicted octanol–water partition coefficient (Wildman–Crippen LogP) is 5.01. The van der Waals surface area contributed by atoms with Crippen molar-refractivity contribution in [1.29, 1.82) is 0 Å². The van der Waals surface area contributed by atoms with Crippen LogP contribution in [0.2, 0.25) is 0 Å². The number of ether oxygens (including phenoxy) is 2. The van der Waals surface area contributed by atoms with E-state index in [1.807, 2.05) is 22.6 Å². The number of hydrogen-bond acceptors (Lipinski definition) is 6. The minimum absolute atomic E-state index is 0.165. The van der Waals surface area contributed by atoms with Crippen LogP contribution in [0.25, 0.3) is 6.08 Å². The molecule has 188 valence electrons. The molecule has 0 spiro atoms. The number of halogens is 2. The summed E-state index contributed by atoms with van der Waals surface area (Å²) in [5.41, 5.74) is 1.53. The number of carboxylic acid groups (broad SMARTS) is 1. The molecular weight excluding hydrogens is 659 g/mol. The minimum atomic E-state index is -1.01. The number of anilines is 1. The normalized spacial score (nSPS) is 14.5. The number of hydrogen-bond donors (Lipinski definition) is 2. The third-order valence-corrected chi connectivity index (χ3v) is 6.66. The van der Waals surface area contributed by atoms with E-state index in [-0.39, 0.29) is 17.7 Å². The molecule has 1 aliphatic heterocycles. The molecule has 9 nitrogen and oxygen atoms in total. The SMILES string of the molecule is COc1cc(/C=C2\C(=O)NC(=O)N(c3ccc(Br)cc3)C2=O)cc(I)c1OCc1ccc(C(=O)O)cc1. The van der Waals surface area contributed by atoms with E-state index < -0.39 is 23.8 Å². The Morgan fingerprint density at radius 3 is 2.38 bits per heavy atom. The molecule has 1 aliphatic rings. The molecule has 1 fully saturated rings. The Labute approximate surface area is 233 Å². The molecule has 4 amide bonds. The molecule has 0 radical (unpaired) electrons. The number of carbonyl (C=O) groups excluding carboxylic acids is 3. The van der Waals surface area contributed by atoms with Crippen molar-refractivity contribution in [2.75, 3.05) is 12.0 Å². The molecule has 3 aromatic carbocycles. The van der Waals surface area contributed by atoms with E-state index >= 15 is 0 Å². The molecule has 0 aliphatic carbocycles. The monoisotopic (exact) mass is 676 g/mol. The zero-order valence-electron chi connectivity index (χ0n) is 19.2. The van der Waals surface area contributed by atoms with Gasteiger partial charge in [0.15, 0.2) is 11.5 Å². The first-order chi connectivity index (χ1) is 17.7. The molecule has 0 unspecified atom stereocenters. The number of methoxy groups -OCH3 is 1. The van der Waals surface area contributed by atoms with Gasteiger partial charge in [-0.1, -0.05) is 28.1 Å². The second-order valence-corrected chi connectivity index (χ2v) is 9.84. The van der Waals surface area contributed by atoms with Crippen LogP contribution in [0.1, 0.15) is 21.5 Å². The summed E-state index contributed by atoms with van der Waals surface area (Å²) in [7, 11) is 1.46. The van der Waals surface area contributed by atoms with Gasteiger partial charge >= 0.3 is 12.0 Å². The maximum atomic E-state index is 13.1. The summed E-state index contributed by atoms with van der Waals surface area (Å²) in [6.45, 7) is 0.165. The summed E-state index contributed by atoms with van der Waals surface area (Å²) < 4.78 is 12.8. The third kappa shape index (κ3) is 5.83. The molecule has 2 N–H and O–H groups in total. The van der Waals surface area contributed by atoms with Crippen molar-refractivity contribution in [3.05, 3.63) is 91.0 Å². The summed E-state index contributed by atoms with van der Waals surface area (Å²) >= 11 is 5.36. The second kappa shape index (κ2) is 11.1. The highest BCUT2D eigenvalue weighted by Crippen LogP contribution is 2.35. The highest BCUT2D eigenvalue weighted by atomic mass is 127. The van der Waals surface area contributed by atoms with Crippen LogP contribution in [-0.4, -0.2) is 36.0 Å². The number of imide groups is 2. The number of nitrogens with zero attached hydrogens (tertiary/aromatic N) is 1. The highest BCUT2D eigenvalue weighted by molar-refractivity contribution is 14.1. The largest absolute Gasteiger partial charge is 0.493 e. The summed E-state index contributed by atoms with van der Waals surface area (Å²) in [5.74, 6) is -1.76. The van der Waals surface area contributed by atoms with Crippen molar-refractivity contribution < 1.29 is 33.8 Å². The fourth-order valence-electron chi connectivity index (χ4n) is 3.51. The van der Waals surface area contributed by atoms with Crippen molar-refractivity contribution in [3.8, 4) is 11.5 Å². The van der Waals surface area contributed by atoms with Gasteiger partial charge in [0.25, 0.3) is 11.8 Å². The molecule has 0 aromatic heterocycles. The van der Waals surface area contributed by atoms with E-state index in [0.29, 0.717) is 26.3 Å². The fraction of sp³-hybridized carbons (Fsp3) is 0.0769. The number of rotatable bonds is 7. The zero-order chi connectivity index (χ0) is 26.7.